The maximum absolute atomic E-state index is 5.85. The van der Waals surface area contributed by atoms with Gasteiger partial charge in [-0.05, 0) is 38.2 Å². The van der Waals surface area contributed by atoms with E-state index in [1.54, 1.807) is 0 Å². The van der Waals surface area contributed by atoms with Gasteiger partial charge in [0.1, 0.15) is 5.75 Å². The van der Waals surface area contributed by atoms with E-state index >= 15 is 0 Å². The fourth-order valence-corrected chi connectivity index (χ4v) is 2.56. The molecule has 0 radical (unpaired) electrons. The molecule has 1 N–H and O–H groups in total. The average molecular weight is 277 g/mol. The second-order valence-corrected chi connectivity index (χ2v) is 6.30. The summed E-state index contributed by atoms with van der Waals surface area (Å²) in [5.41, 5.74) is 1.60. The lowest BCUT2D eigenvalue weighted by Gasteiger charge is -2.33. The van der Waals surface area contributed by atoms with Crippen molar-refractivity contribution in [2.45, 2.75) is 46.3 Å². The van der Waals surface area contributed by atoms with Crippen LogP contribution in [0.4, 0.5) is 0 Å². The summed E-state index contributed by atoms with van der Waals surface area (Å²) in [4.78, 5) is 0. The van der Waals surface area contributed by atoms with Gasteiger partial charge in [0.25, 0.3) is 0 Å². The third kappa shape index (κ3) is 4.50. The van der Waals surface area contributed by atoms with E-state index in [0.29, 0.717) is 5.41 Å². The van der Waals surface area contributed by atoms with Crippen LogP contribution in [0.5, 0.6) is 5.75 Å². The van der Waals surface area contributed by atoms with Gasteiger partial charge in [-0.2, -0.15) is 0 Å². The minimum Gasteiger partial charge on any atom is -0.491 e. The lowest BCUT2D eigenvalue weighted by atomic mass is 9.82. The fourth-order valence-electron chi connectivity index (χ4n) is 2.56. The number of ether oxygens (including phenoxy) is 2. The van der Waals surface area contributed by atoms with Crippen molar-refractivity contribution in [2.75, 3.05) is 19.8 Å². The molecular weight excluding hydrogens is 250 g/mol. The highest BCUT2D eigenvalue weighted by molar-refractivity contribution is 5.33. The Hall–Kier alpha value is -1.06. The van der Waals surface area contributed by atoms with Crippen molar-refractivity contribution in [3.05, 3.63) is 29.8 Å². The first-order valence-electron chi connectivity index (χ1n) is 7.62. The molecule has 2 rings (SSSR count). The summed E-state index contributed by atoms with van der Waals surface area (Å²) in [6.45, 7) is 10.2. The Morgan fingerprint density at radius 3 is 2.65 bits per heavy atom. The molecule has 1 fully saturated rings. The van der Waals surface area contributed by atoms with Gasteiger partial charge in [0, 0.05) is 31.9 Å². The van der Waals surface area contributed by atoms with Gasteiger partial charge in [0.05, 0.1) is 6.10 Å². The van der Waals surface area contributed by atoms with E-state index in [1.807, 2.05) is 12.1 Å². The van der Waals surface area contributed by atoms with Crippen molar-refractivity contribution in [3.63, 3.8) is 0 Å². The topological polar surface area (TPSA) is 30.5 Å². The minimum atomic E-state index is 0.212. The highest BCUT2D eigenvalue weighted by atomic mass is 16.5. The summed E-state index contributed by atoms with van der Waals surface area (Å²) < 4.78 is 11.3. The minimum absolute atomic E-state index is 0.212. The monoisotopic (exact) mass is 277 g/mol. The van der Waals surface area contributed by atoms with Crippen molar-refractivity contribution in [1.82, 2.24) is 5.32 Å². The SMILES string of the molecule is CC(C)Oc1ccccc1CNCC1(C)CCOCC1. The van der Waals surface area contributed by atoms with Crippen LogP contribution in [0.25, 0.3) is 0 Å². The number of nitrogens with one attached hydrogen (secondary N) is 1. The highest BCUT2D eigenvalue weighted by Crippen LogP contribution is 2.29. The zero-order valence-electron chi connectivity index (χ0n) is 12.9. The van der Waals surface area contributed by atoms with Gasteiger partial charge in [-0.3, -0.25) is 0 Å². The van der Waals surface area contributed by atoms with Crippen LogP contribution < -0.4 is 10.1 Å². The van der Waals surface area contributed by atoms with Gasteiger partial charge in [-0.15, -0.1) is 0 Å². The van der Waals surface area contributed by atoms with Gasteiger partial charge >= 0.3 is 0 Å². The normalized spacial score (nSPS) is 18.2. The molecule has 112 valence electrons. The van der Waals surface area contributed by atoms with Crippen LogP contribution in [-0.2, 0) is 11.3 Å². The molecule has 0 atom stereocenters. The Labute approximate surface area is 122 Å². The Bertz CT molecular complexity index is 411. The van der Waals surface area contributed by atoms with Crippen molar-refractivity contribution < 1.29 is 9.47 Å². The molecule has 1 saturated heterocycles. The molecule has 3 nitrogen and oxygen atoms in total. The largest absolute Gasteiger partial charge is 0.491 e. The predicted molar refractivity (Wildman–Crippen MR) is 82.1 cm³/mol. The molecule has 1 aromatic carbocycles. The van der Waals surface area contributed by atoms with Gasteiger partial charge in [-0.25, -0.2) is 0 Å². The van der Waals surface area contributed by atoms with Crippen molar-refractivity contribution in [1.29, 1.82) is 0 Å². The third-order valence-corrected chi connectivity index (χ3v) is 3.90. The smallest absolute Gasteiger partial charge is 0.124 e. The predicted octanol–water partition coefficient (Wildman–Crippen LogP) is 3.38. The summed E-state index contributed by atoms with van der Waals surface area (Å²) in [7, 11) is 0. The Kier molecular flexibility index (Phi) is 5.44. The van der Waals surface area contributed by atoms with Crippen LogP contribution in [0, 0.1) is 5.41 Å². The first-order chi connectivity index (χ1) is 9.59. The number of para-hydroxylation sites is 1. The Balaban J connectivity index is 1.87. The van der Waals surface area contributed by atoms with E-state index in [-0.39, 0.29) is 6.10 Å². The Morgan fingerprint density at radius 2 is 1.95 bits per heavy atom. The molecule has 0 bridgehead atoms. The molecule has 1 aliphatic rings. The standard InChI is InChI=1S/C17H27NO2/c1-14(2)20-16-7-5-4-6-15(16)12-18-13-17(3)8-10-19-11-9-17/h4-7,14,18H,8-13H2,1-3H3. The van der Waals surface area contributed by atoms with Crippen LogP contribution >= 0.6 is 0 Å². The molecule has 3 heteroatoms. The van der Waals surface area contributed by atoms with Crippen LogP contribution in [0.15, 0.2) is 24.3 Å². The molecule has 0 aliphatic carbocycles. The number of hydrogen-bond acceptors (Lipinski definition) is 3. The lowest BCUT2D eigenvalue weighted by Crippen LogP contribution is -2.36. The molecule has 0 amide bonds. The van der Waals surface area contributed by atoms with E-state index in [1.165, 1.54) is 5.56 Å². The zero-order chi connectivity index (χ0) is 14.4. The third-order valence-electron chi connectivity index (χ3n) is 3.90. The summed E-state index contributed by atoms with van der Waals surface area (Å²) in [6.07, 6.45) is 2.50. The lowest BCUT2D eigenvalue weighted by molar-refractivity contribution is 0.0239. The summed E-state index contributed by atoms with van der Waals surface area (Å²) >= 11 is 0. The van der Waals surface area contributed by atoms with Crippen molar-refractivity contribution >= 4 is 0 Å². The molecule has 0 aromatic heterocycles. The zero-order valence-corrected chi connectivity index (χ0v) is 12.9. The molecule has 0 saturated carbocycles. The van der Waals surface area contributed by atoms with Crippen LogP contribution in [0.1, 0.15) is 39.2 Å². The number of rotatable bonds is 6. The van der Waals surface area contributed by atoms with Crippen LogP contribution in [0.2, 0.25) is 0 Å². The molecule has 20 heavy (non-hydrogen) atoms. The molecule has 1 aliphatic heterocycles. The second-order valence-electron chi connectivity index (χ2n) is 6.30. The van der Waals surface area contributed by atoms with E-state index in [0.717, 1.165) is 44.9 Å². The summed E-state index contributed by atoms with van der Waals surface area (Å²) in [5, 5.41) is 3.59. The fraction of sp³-hybridized carbons (Fsp3) is 0.647. The molecular formula is C17H27NO2. The maximum atomic E-state index is 5.85. The molecule has 1 aromatic rings. The summed E-state index contributed by atoms with van der Waals surface area (Å²) in [6, 6.07) is 8.28. The first-order valence-corrected chi connectivity index (χ1v) is 7.62. The van der Waals surface area contributed by atoms with Crippen molar-refractivity contribution in [2.24, 2.45) is 5.41 Å². The van der Waals surface area contributed by atoms with E-state index in [2.05, 4.69) is 38.2 Å². The molecule has 0 unspecified atom stereocenters. The van der Waals surface area contributed by atoms with Crippen LogP contribution in [-0.4, -0.2) is 25.9 Å². The molecule has 0 spiro atoms. The van der Waals surface area contributed by atoms with Gasteiger partial charge < -0.3 is 14.8 Å². The van der Waals surface area contributed by atoms with Gasteiger partial charge in [-0.1, -0.05) is 25.1 Å². The molecule has 1 heterocycles. The van der Waals surface area contributed by atoms with Gasteiger partial charge in [0.2, 0.25) is 0 Å². The van der Waals surface area contributed by atoms with Crippen LogP contribution in [0.3, 0.4) is 0 Å². The quantitative estimate of drug-likeness (QED) is 0.864. The Morgan fingerprint density at radius 1 is 1.25 bits per heavy atom. The first kappa shape index (κ1) is 15.3. The number of hydrogen-bond donors (Lipinski definition) is 1. The summed E-state index contributed by atoms with van der Waals surface area (Å²) in [5.74, 6) is 0.993. The average Bonchev–Trinajstić information content (AvgIpc) is 2.41. The number of benzene rings is 1. The highest BCUT2D eigenvalue weighted by Gasteiger charge is 2.26. The van der Waals surface area contributed by atoms with Gasteiger partial charge in [0.15, 0.2) is 0 Å². The maximum Gasteiger partial charge on any atom is 0.124 e. The van der Waals surface area contributed by atoms with E-state index in [9.17, 15) is 0 Å². The van der Waals surface area contributed by atoms with Crippen molar-refractivity contribution in [3.8, 4) is 5.75 Å². The van der Waals surface area contributed by atoms with E-state index < -0.39 is 0 Å². The van der Waals surface area contributed by atoms with E-state index in [4.69, 9.17) is 9.47 Å². The second kappa shape index (κ2) is 7.09.